The van der Waals surface area contributed by atoms with E-state index < -0.39 is 21.5 Å². The molecule has 1 fully saturated rings. The molecule has 0 atom stereocenters. The SMILES string of the molecule is CCc1ccc(-c2cnc3c(Nc4ccc(C(=O)NCC5CCS(=O)(=O)CC5)c(Cl)c4)nccn23)c(F)c1F. The molecule has 0 radical (unpaired) electrons. The number of aryl methyl sites for hydroxylation is 1. The number of amides is 1. The molecular weight excluding hydrogens is 548 g/mol. The number of aromatic nitrogens is 3. The van der Waals surface area contributed by atoms with E-state index in [1.807, 2.05) is 0 Å². The summed E-state index contributed by atoms with van der Waals surface area (Å²) >= 11 is 6.41. The van der Waals surface area contributed by atoms with Crippen LogP contribution in [0.25, 0.3) is 16.9 Å². The van der Waals surface area contributed by atoms with Crippen LogP contribution in [0.4, 0.5) is 20.3 Å². The summed E-state index contributed by atoms with van der Waals surface area (Å²) in [5.74, 6) is -1.40. The van der Waals surface area contributed by atoms with Crippen molar-refractivity contribution in [2.75, 3.05) is 23.4 Å². The molecule has 0 aliphatic carbocycles. The molecule has 1 saturated heterocycles. The number of rotatable bonds is 7. The van der Waals surface area contributed by atoms with E-state index in [4.69, 9.17) is 11.6 Å². The Hall–Kier alpha value is -3.57. The molecule has 2 N–H and O–H groups in total. The third-order valence-electron chi connectivity index (χ3n) is 6.95. The van der Waals surface area contributed by atoms with Crippen molar-refractivity contribution in [1.82, 2.24) is 19.7 Å². The van der Waals surface area contributed by atoms with Crippen molar-refractivity contribution in [3.63, 3.8) is 0 Å². The van der Waals surface area contributed by atoms with Crippen molar-refractivity contribution < 1.29 is 22.0 Å². The molecule has 3 heterocycles. The second kappa shape index (κ2) is 10.9. The average Bonchev–Trinajstić information content (AvgIpc) is 3.34. The van der Waals surface area contributed by atoms with Crippen molar-refractivity contribution >= 4 is 44.5 Å². The first-order valence-corrected chi connectivity index (χ1v) is 14.7. The fraction of sp³-hybridized carbons (Fsp3) is 0.296. The van der Waals surface area contributed by atoms with Crippen molar-refractivity contribution in [2.24, 2.45) is 5.92 Å². The molecule has 0 saturated carbocycles. The minimum atomic E-state index is -2.96. The number of imidazole rings is 1. The highest BCUT2D eigenvalue weighted by Crippen LogP contribution is 2.30. The number of anilines is 2. The Morgan fingerprint density at radius 1 is 1.13 bits per heavy atom. The van der Waals surface area contributed by atoms with Crippen LogP contribution in [0.15, 0.2) is 48.9 Å². The summed E-state index contributed by atoms with van der Waals surface area (Å²) in [5, 5.41) is 6.18. The maximum absolute atomic E-state index is 14.8. The van der Waals surface area contributed by atoms with E-state index in [1.54, 1.807) is 41.8 Å². The summed E-state index contributed by atoms with van der Waals surface area (Å²) in [6.07, 6.45) is 6.00. The van der Waals surface area contributed by atoms with E-state index >= 15 is 0 Å². The van der Waals surface area contributed by atoms with Crippen LogP contribution in [0.5, 0.6) is 0 Å². The van der Waals surface area contributed by atoms with Gasteiger partial charge in [0.2, 0.25) is 0 Å². The number of nitrogens with zero attached hydrogens (tertiary/aromatic N) is 3. The number of carbonyl (C=O) groups is 1. The van der Waals surface area contributed by atoms with Crippen molar-refractivity contribution in [2.45, 2.75) is 26.2 Å². The van der Waals surface area contributed by atoms with Gasteiger partial charge in [-0.2, -0.15) is 0 Å². The van der Waals surface area contributed by atoms with Crippen molar-refractivity contribution in [1.29, 1.82) is 0 Å². The molecule has 2 aromatic carbocycles. The summed E-state index contributed by atoms with van der Waals surface area (Å²) < 4.78 is 54.0. The molecule has 2 aromatic heterocycles. The van der Waals surface area contributed by atoms with Gasteiger partial charge in [-0.05, 0) is 55.0 Å². The van der Waals surface area contributed by atoms with E-state index in [1.165, 1.54) is 18.5 Å². The molecule has 0 bridgehead atoms. The summed E-state index contributed by atoms with van der Waals surface area (Å²) in [4.78, 5) is 21.4. The van der Waals surface area contributed by atoms with Gasteiger partial charge in [0.15, 0.2) is 23.1 Å². The molecule has 4 aromatic rings. The number of nitrogens with one attached hydrogen (secondary N) is 2. The highest BCUT2D eigenvalue weighted by Gasteiger charge is 2.24. The fourth-order valence-electron chi connectivity index (χ4n) is 4.66. The van der Waals surface area contributed by atoms with Gasteiger partial charge in [0.05, 0.1) is 34.0 Å². The summed E-state index contributed by atoms with van der Waals surface area (Å²) in [6, 6.07) is 7.93. The molecule has 8 nitrogen and oxygen atoms in total. The van der Waals surface area contributed by atoms with Gasteiger partial charge in [-0.3, -0.25) is 9.20 Å². The maximum atomic E-state index is 14.8. The number of benzene rings is 2. The number of hydrogen-bond acceptors (Lipinski definition) is 6. The predicted molar refractivity (Wildman–Crippen MR) is 146 cm³/mol. The molecule has 12 heteroatoms. The fourth-order valence-corrected chi connectivity index (χ4v) is 6.51. The van der Waals surface area contributed by atoms with Crippen LogP contribution in [-0.4, -0.2) is 46.7 Å². The molecule has 204 valence electrons. The van der Waals surface area contributed by atoms with Gasteiger partial charge in [0, 0.05) is 30.2 Å². The highest BCUT2D eigenvalue weighted by atomic mass is 35.5. The maximum Gasteiger partial charge on any atom is 0.252 e. The van der Waals surface area contributed by atoms with Gasteiger partial charge in [-0.25, -0.2) is 27.2 Å². The lowest BCUT2D eigenvalue weighted by atomic mass is 10.0. The van der Waals surface area contributed by atoms with Crippen LogP contribution >= 0.6 is 11.6 Å². The second-order valence-corrected chi connectivity index (χ2v) is 12.2. The standard InChI is InChI=1S/C27H26ClF2N5O3S/c1-2-17-3-5-20(24(30)23(17)29)22-15-32-26-25(31-9-10-35(22)26)34-18-4-6-19(21(28)13-18)27(36)33-14-16-7-11-39(37,38)12-8-16/h3-6,9-10,13,15-16H,2,7-8,11-12,14H2,1H3,(H,31,34)(H,33,36). The quantitative estimate of drug-likeness (QED) is 0.315. The average molecular weight is 574 g/mol. The van der Waals surface area contributed by atoms with Crippen molar-refractivity contribution in [3.05, 3.63) is 76.7 Å². The third kappa shape index (κ3) is 5.60. The summed E-state index contributed by atoms with van der Waals surface area (Å²) in [6.45, 7) is 2.14. The smallest absolute Gasteiger partial charge is 0.252 e. The van der Waals surface area contributed by atoms with Crippen molar-refractivity contribution in [3.8, 4) is 11.3 Å². The van der Waals surface area contributed by atoms with E-state index in [-0.39, 0.29) is 39.5 Å². The largest absolute Gasteiger partial charge is 0.352 e. The lowest BCUT2D eigenvalue weighted by Gasteiger charge is -2.22. The van der Waals surface area contributed by atoms with Crippen LogP contribution in [0.3, 0.4) is 0 Å². The molecule has 1 aliphatic heterocycles. The first kappa shape index (κ1) is 27.0. The molecule has 0 unspecified atom stereocenters. The van der Waals surface area contributed by atoms with E-state index in [0.29, 0.717) is 54.2 Å². The van der Waals surface area contributed by atoms with Gasteiger partial charge in [0.1, 0.15) is 9.84 Å². The van der Waals surface area contributed by atoms with Crippen LogP contribution in [0.2, 0.25) is 5.02 Å². The predicted octanol–water partition coefficient (Wildman–Crippen LogP) is 5.19. The Kier molecular flexibility index (Phi) is 7.55. The Morgan fingerprint density at radius 3 is 2.62 bits per heavy atom. The molecule has 5 rings (SSSR count). The zero-order chi connectivity index (χ0) is 27.7. The number of carbonyl (C=O) groups excluding carboxylic acids is 1. The number of sulfone groups is 1. The van der Waals surface area contributed by atoms with E-state index in [0.717, 1.165) is 0 Å². The normalized spacial score (nSPS) is 15.4. The van der Waals surface area contributed by atoms with Gasteiger partial charge < -0.3 is 10.6 Å². The van der Waals surface area contributed by atoms with Gasteiger partial charge in [-0.1, -0.05) is 24.6 Å². The van der Waals surface area contributed by atoms with Crippen LogP contribution in [0.1, 0.15) is 35.7 Å². The molecule has 1 amide bonds. The zero-order valence-electron chi connectivity index (χ0n) is 21.0. The Bertz CT molecular complexity index is 1660. The molecule has 0 spiro atoms. The zero-order valence-corrected chi connectivity index (χ0v) is 22.6. The molecule has 39 heavy (non-hydrogen) atoms. The van der Waals surface area contributed by atoms with E-state index in [2.05, 4.69) is 20.6 Å². The topological polar surface area (TPSA) is 105 Å². The summed E-state index contributed by atoms with van der Waals surface area (Å²) in [5.41, 5.74) is 1.97. The first-order chi connectivity index (χ1) is 18.7. The Labute approximate surface area is 229 Å². The van der Waals surface area contributed by atoms with E-state index in [9.17, 15) is 22.0 Å². The molecule has 1 aliphatic rings. The van der Waals surface area contributed by atoms with Crippen LogP contribution in [-0.2, 0) is 16.3 Å². The third-order valence-corrected chi connectivity index (χ3v) is 8.98. The Balaban J connectivity index is 1.32. The van der Waals surface area contributed by atoms with Gasteiger partial charge in [-0.15, -0.1) is 0 Å². The number of fused-ring (bicyclic) bond motifs is 1. The molecular formula is C27H26ClF2N5O3S. The Morgan fingerprint density at radius 2 is 1.90 bits per heavy atom. The monoisotopic (exact) mass is 573 g/mol. The minimum absolute atomic E-state index is 0.0858. The minimum Gasteiger partial charge on any atom is -0.352 e. The second-order valence-electron chi connectivity index (χ2n) is 9.49. The van der Waals surface area contributed by atoms with Crippen LogP contribution in [0, 0.1) is 17.6 Å². The number of halogens is 3. The highest BCUT2D eigenvalue weighted by molar-refractivity contribution is 7.91. The lowest BCUT2D eigenvalue weighted by molar-refractivity contribution is 0.0946. The first-order valence-electron chi connectivity index (χ1n) is 12.5. The van der Waals surface area contributed by atoms with Crippen LogP contribution < -0.4 is 10.6 Å². The number of hydrogen-bond donors (Lipinski definition) is 2. The van der Waals surface area contributed by atoms with Gasteiger partial charge in [0.25, 0.3) is 5.91 Å². The lowest BCUT2D eigenvalue weighted by Crippen LogP contribution is -2.34. The van der Waals surface area contributed by atoms with Gasteiger partial charge >= 0.3 is 0 Å². The summed E-state index contributed by atoms with van der Waals surface area (Å²) in [7, 11) is -2.96.